The van der Waals surface area contributed by atoms with Crippen molar-refractivity contribution < 1.29 is 9.53 Å². The summed E-state index contributed by atoms with van der Waals surface area (Å²) in [6.45, 7) is 8.92. The molecule has 0 saturated heterocycles. The first kappa shape index (κ1) is 10.8. The first-order chi connectivity index (χ1) is 5.35. The average Bonchev–Trinajstić information content (AvgIpc) is 1.82. The van der Waals surface area contributed by atoms with Crippen molar-refractivity contribution in [1.29, 1.82) is 0 Å². The zero-order valence-corrected chi connectivity index (χ0v) is 8.02. The lowest BCUT2D eigenvalue weighted by Crippen LogP contribution is -2.34. The molecule has 0 atom stereocenters. The highest BCUT2D eigenvalue weighted by Gasteiger charge is 2.15. The van der Waals surface area contributed by atoms with Crippen LogP contribution in [0.3, 0.4) is 0 Å². The highest BCUT2D eigenvalue weighted by molar-refractivity contribution is 5.69. The Kier molecular flexibility index (Phi) is 3.60. The van der Waals surface area contributed by atoms with Gasteiger partial charge < -0.3 is 10.1 Å². The van der Waals surface area contributed by atoms with Gasteiger partial charge in [0.05, 0.1) is 0 Å². The van der Waals surface area contributed by atoms with Crippen molar-refractivity contribution in [3.8, 4) is 0 Å². The van der Waals surface area contributed by atoms with Crippen molar-refractivity contribution >= 4 is 6.09 Å². The minimum atomic E-state index is -0.498. The molecule has 0 fully saturated rings. The molecule has 0 aliphatic heterocycles. The molecule has 0 aromatic carbocycles. The fourth-order valence-electron chi connectivity index (χ4n) is 0.489. The van der Waals surface area contributed by atoms with Crippen LogP contribution in [0.2, 0.25) is 0 Å². The molecule has 0 aromatic rings. The molecular weight excluding hydrogens is 156 g/mol. The largest absolute Gasteiger partial charge is 0.444 e. The molecule has 1 amide bonds. The molecule has 0 radical (unpaired) electrons. The number of alkyl carbamates (subject to hydrolysis) is 1. The topological polar surface area (TPSA) is 50.4 Å². The Labute approximate surface area is 73.0 Å². The molecule has 4 heteroatoms. The highest BCUT2D eigenvalue weighted by atomic mass is 16.6. The fraction of sp³-hybridized carbons (Fsp3) is 0.625. The van der Waals surface area contributed by atoms with Crippen LogP contribution in [0.4, 0.5) is 4.79 Å². The molecule has 2 N–H and O–H groups in total. The molecule has 0 rings (SSSR count). The van der Waals surface area contributed by atoms with Gasteiger partial charge in [0, 0.05) is 7.05 Å². The maximum absolute atomic E-state index is 11.0. The van der Waals surface area contributed by atoms with Crippen molar-refractivity contribution in [3.05, 3.63) is 12.4 Å². The van der Waals surface area contributed by atoms with E-state index in [1.807, 2.05) is 0 Å². The molecule has 0 spiro atoms. The molecule has 12 heavy (non-hydrogen) atoms. The summed E-state index contributed by atoms with van der Waals surface area (Å²) in [7, 11) is 1.67. The quantitative estimate of drug-likeness (QED) is 0.658. The van der Waals surface area contributed by atoms with Crippen LogP contribution in [0, 0.1) is 0 Å². The fourth-order valence-corrected chi connectivity index (χ4v) is 0.489. The second-order valence-electron chi connectivity index (χ2n) is 3.36. The maximum Gasteiger partial charge on any atom is 0.413 e. The number of hydrogen-bond donors (Lipinski definition) is 2. The minimum absolute atomic E-state index is 0.421. The number of hydrogen-bond acceptors (Lipinski definition) is 3. The van der Waals surface area contributed by atoms with E-state index in [9.17, 15) is 4.79 Å². The molecular formula is C8H16N2O2. The van der Waals surface area contributed by atoms with Gasteiger partial charge in [-0.2, -0.15) is 0 Å². The van der Waals surface area contributed by atoms with Gasteiger partial charge in [0.15, 0.2) is 0 Å². The number of carbonyl (C=O) groups excluding carboxylic acids is 1. The van der Waals surface area contributed by atoms with E-state index in [1.54, 1.807) is 27.8 Å². The lowest BCUT2D eigenvalue weighted by molar-refractivity contribution is 0.0543. The van der Waals surface area contributed by atoms with Gasteiger partial charge in [-0.3, -0.25) is 5.32 Å². The smallest absolute Gasteiger partial charge is 0.413 e. The Hall–Kier alpha value is -1.19. The maximum atomic E-state index is 11.0. The van der Waals surface area contributed by atoms with E-state index in [1.165, 1.54) is 0 Å². The van der Waals surface area contributed by atoms with Crippen molar-refractivity contribution in [1.82, 2.24) is 10.6 Å². The number of rotatable bonds is 2. The third-order valence-corrected chi connectivity index (χ3v) is 0.954. The van der Waals surface area contributed by atoms with Crippen LogP contribution in [0.25, 0.3) is 0 Å². The van der Waals surface area contributed by atoms with E-state index in [0.29, 0.717) is 5.82 Å². The van der Waals surface area contributed by atoms with E-state index in [2.05, 4.69) is 17.2 Å². The number of carbonyl (C=O) groups is 1. The molecule has 0 aromatic heterocycles. The van der Waals surface area contributed by atoms with Crippen molar-refractivity contribution in [3.63, 3.8) is 0 Å². The molecule has 0 aliphatic rings. The Morgan fingerprint density at radius 2 is 1.92 bits per heavy atom. The van der Waals surface area contributed by atoms with Gasteiger partial charge in [-0.05, 0) is 20.8 Å². The van der Waals surface area contributed by atoms with Gasteiger partial charge in [-0.15, -0.1) is 0 Å². The number of ether oxygens (including phenoxy) is 1. The Morgan fingerprint density at radius 1 is 1.42 bits per heavy atom. The van der Waals surface area contributed by atoms with Crippen LogP contribution in [-0.4, -0.2) is 18.7 Å². The minimum Gasteiger partial charge on any atom is -0.444 e. The van der Waals surface area contributed by atoms with Gasteiger partial charge in [0.1, 0.15) is 11.4 Å². The third-order valence-electron chi connectivity index (χ3n) is 0.954. The van der Waals surface area contributed by atoms with Crippen LogP contribution in [0.15, 0.2) is 12.4 Å². The summed E-state index contributed by atoms with van der Waals surface area (Å²) >= 11 is 0. The zero-order valence-electron chi connectivity index (χ0n) is 8.02. The highest BCUT2D eigenvalue weighted by Crippen LogP contribution is 2.06. The summed E-state index contributed by atoms with van der Waals surface area (Å²) < 4.78 is 4.96. The van der Waals surface area contributed by atoms with Crippen LogP contribution >= 0.6 is 0 Å². The van der Waals surface area contributed by atoms with Crippen LogP contribution in [0.1, 0.15) is 20.8 Å². The van der Waals surface area contributed by atoms with E-state index in [4.69, 9.17) is 4.74 Å². The second-order valence-corrected chi connectivity index (χ2v) is 3.36. The van der Waals surface area contributed by atoms with Crippen molar-refractivity contribution in [2.75, 3.05) is 7.05 Å². The van der Waals surface area contributed by atoms with Crippen molar-refractivity contribution in [2.45, 2.75) is 26.4 Å². The normalized spacial score (nSPS) is 10.3. The summed E-state index contributed by atoms with van der Waals surface area (Å²) in [5.74, 6) is 0.421. The Bertz CT molecular complexity index is 182. The van der Waals surface area contributed by atoms with Gasteiger partial charge in [-0.25, -0.2) is 4.79 Å². The summed E-state index contributed by atoms with van der Waals surface area (Å²) in [6, 6.07) is 0. The molecule has 70 valence electrons. The summed E-state index contributed by atoms with van der Waals surface area (Å²) in [5.41, 5.74) is -0.474. The zero-order chi connectivity index (χ0) is 9.78. The molecule has 0 heterocycles. The lowest BCUT2D eigenvalue weighted by atomic mass is 10.2. The first-order valence-electron chi connectivity index (χ1n) is 3.72. The standard InChI is InChI=1S/C8H16N2O2/c1-6(9-5)10-7(11)12-8(2,3)4/h9H,1H2,2-5H3,(H,10,11). The number of amides is 1. The van der Waals surface area contributed by atoms with Gasteiger partial charge >= 0.3 is 6.09 Å². The predicted molar refractivity (Wildman–Crippen MR) is 47.6 cm³/mol. The van der Waals surface area contributed by atoms with E-state index < -0.39 is 11.7 Å². The summed E-state index contributed by atoms with van der Waals surface area (Å²) in [4.78, 5) is 11.0. The Morgan fingerprint density at radius 3 is 2.25 bits per heavy atom. The van der Waals surface area contributed by atoms with Crippen LogP contribution in [0.5, 0.6) is 0 Å². The van der Waals surface area contributed by atoms with Crippen LogP contribution in [-0.2, 0) is 4.74 Å². The van der Waals surface area contributed by atoms with Gasteiger partial charge in [-0.1, -0.05) is 6.58 Å². The molecule has 0 aliphatic carbocycles. The summed E-state index contributed by atoms with van der Waals surface area (Å²) in [5, 5.41) is 5.09. The van der Waals surface area contributed by atoms with E-state index in [0.717, 1.165) is 0 Å². The Balaban J connectivity index is 3.83. The first-order valence-corrected chi connectivity index (χ1v) is 3.72. The average molecular weight is 172 g/mol. The van der Waals surface area contributed by atoms with Crippen molar-refractivity contribution in [2.24, 2.45) is 0 Å². The monoisotopic (exact) mass is 172 g/mol. The van der Waals surface area contributed by atoms with E-state index in [-0.39, 0.29) is 0 Å². The summed E-state index contributed by atoms with van der Waals surface area (Å²) in [6.07, 6.45) is -0.498. The van der Waals surface area contributed by atoms with Gasteiger partial charge in [0.2, 0.25) is 0 Å². The van der Waals surface area contributed by atoms with Gasteiger partial charge in [0.25, 0.3) is 0 Å². The number of nitrogens with one attached hydrogen (secondary N) is 2. The molecule has 0 unspecified atom stereocenters. The SMILES string of the molecule is C=C(NC)NC(=O)OC(C)(C)C. The second kappa shape index (κ2) is 3.99. The molecule has 0 bridgehead atoms. The molecule has 4 nitrogen and oxygen atoms in total. The lowest BCUT2D eigenvalue weighted by Gasteiger charge is -2.19. The van der Waals surface area contributed by atoms with Crippen LogP contribution < -0.4 is 10.6 Å². The predicted octanol–water partition coefficient (Wildman–Crippen LogP) is 1.20. The third kappa shape index (κ3) is 5.58. The van der Waals surface area contributed by atoms with E-state index >= 15 is 0 Å². The molecule has 0 saturated carbocycles.